The van der Waals surface area contributed by atoms with E-state index in [-0.39, 0.29) is 17.7 Å². The lowest BCUT2D eigenvalue weighted by atomic mass is 9.95. The number of ether oxygens (including phenoxy) is 2. The van der Waals surface area contributed by atoms with E-state index >= 15 is 0 Å². The molecule has 0 spiro atoms. The Bertz CT molecular complexity index is 416. The number of nitrogens with one attached hydrogen (secondary N) is 1. The predicted octanol–water partition coefficient (Wildman–Crippen LogP) is 3.69. The standard InChI is InChI=1S/C17H27NO2/c1-5-17(4)10-11-19-16(12-18-17)14-6-8-15(9-7-14)20-13(2)3/h6-9,13,16,18H,5,10-12H2,1-4H3. The lowest BCUT2D eigenvalue weighted by Gasteiger charge is -2.27. The number of hydrogen-bond acceptors (Lipinski definition) is 3. The van der Waals surface area contributed by atoms with Crippen LogP contribution in [0.3, 0.4) is 0 Å². The summed E-state index contributed by atoms with van der Waals surface area (Å²) < 4.78 is 11.7. The molecule has 112 valence electrons. The van der Waals surface area contributed by atoms with E-state index in [2.05, 4.69) is 31.3 Å². The predicted molar refractivity (Wildman–Crippen MR) is 82.2 cm³/mol. The van der Waals surface area contributed by atoms with Crippen LogP contribution in [0.2, 0.25) is 0 Å². The highest BCUT2D eigenvalue weighted by molar-refractivity contribution is 5.29. The monoisotopic (exact) mass is 277 g/mol. The van der Waals surface area contributed by atoms with Crippen LogP contribution in [-0.4, -0.2) is 24.8 Å². The lowest BCUT2D eigenvalue weighted by Crippen LogP contribution is -2.42. The van der Waals surface area contributed by atoms with E-state index in [9.17, 15) is 0 Å². The topological polar surface area (TPSA) is 30.5 Å². The van der Waals surface area contributed by atoms with Crippen molar-refractivity contribution in [3.8, 4) is 5.75 Å². The van der Waals surface area contributed by atoms with Crippen LogP contribution in [0.5, 0.6) is 5.75 Å². The van der Waals surface area contributed by atoms with Crippen LogP contribution in [0.25, 0.3) is 0 Å². The smallest absolute Gasteiger partial charge is 0.119 e. The van der Waals surface area contributed by atoms with Crippen molar-refractivity contribution in [1.29, 1.82) is 0 Å². The van der Waals surface area contributed by atoms with Crippen LogP contribution < -0.4 is 10.1 Å². The largest absolute Gasteiger partial charge is 0.491 e. The maximum absolute atomic E-state index is 6.00. The molecule has 3 nitrogen and oxygen atoms in total. The van der Waals surface area contributed by atoms with Crippen molar-refractivity contribution in [3.63, 3.8) is 0 Å². The first-order valence-electron chi connectivity index (χ1n) is 7.65. The minimum Gasteiger partial charge on any atom is -0.491 e. The zero-order chi connectivity index (χ0) is 14.6. The normalized spacial score (nSPS) is 27.4. The van der Waals surface area contributed by atoms with Crippen LogP contribution in [0, 0.1) is 0 Å². The Labute approximate surface area is 122 Å². The SMILES string of the molecule is CCC1(C)CCOC(c2ccc(OC(C)C)cc2)CN1. The minimum atomic E-state index is 0.136. The van der Waals surface area contributed by atoms with Crippen molar-refractivity contribution < 1.29 is 9.47 Å². The highest BCUT2D eigenvalue weighted by Gasteiger charge is 2.27. The average molecular weight is 277 g/mol. The molecule has 0 bridgehead atoms. The van der Waals surface area contributed by atoms with Crippen molar-refractivity contribution in [3.05, 3.63) is 29.8 Å². The molecule has 0 aromatic heterocycles. The summed E-state index contributed by atoms with van der Waals surface area (Å²) in [6.45, 7) is 10.3. The first kappa shape index (κ1) is 15.3. The molecular weight excluding hydrogens is 250 g/mol. The van der Waals surface area contributed by atoms with Gasteiger partial charge in [-0.05, 0) is 51.3 Å². The van der Waals surface area contributed by atoms with Gasteiger partial charge in [0.2, 0.25) is 0 Å². The van der Waals surface area contributed by atoms with E-state index in [0.29, 0.717) is 0 Å². The Morgan fingerprint density at radius 2 is 2.05 bits per heavy atom. The summed E-state index contributed by atoms with van der Waals surface area (Å²) in [6.07, 6.45) is 2.54. The Morgan fingerprint density at radius 3 is 2.65 bits per heavy atom. The van der Waals surface area contributed by atoms with E-state index in [0.717, 1.165) is 31.7 Å². The molecule has 1 aromatic rings. The fourth-order valence-electron chi connectivity index (χ4n) is 2.46. The van der Waals surface area contributed by atoms with Crippen LogP contribution in [0.15, 0.2) is 24.3 Å². The summed E-state index contributed by atoms with van der Waals surface area (Å²) in [7, 11) is 0. The highest BCUT2D eigenvalue weighted by Crippen LogP contribution is 2.26. The average Bonchev–Trinajstić information content (AvgIpc) is 2.62. The van der Waals surface area contributed by atoms with Gasteiger partial charge < -0.3 is 14.8 Å². The van der Waals surface area contributed by atoms with E-state index < -0.39 is 0 Å². The fourth-order valence-corrected chi connectivity index (χ4v) is 2.46. The highest BCUT2D eigenvalue weighted by atomic mass is 16.5. The Morgan fingerprint density at radius 1 is 1.35 bits per heavy atom. The van der Waals surface area contributed by atoms with Crippen molar-refractivity contribution in [2.45, 2.75) is 58.3 Å². The van der Waals surface area contributed by atoms with Gasteiger partial charge in [0, 0.05) is 18.7 Å². The van der Waals surface area contributed by atoms with Gasteiger partial charge in [-0.15, -0.1) is 0 Å². The van der Waals surface area contributed by atoms with E-state index in [1.807, 2.05) is 26.0 Å². The number of rotatable bonds is 4. The molecule has 2 rings (SSSR count). The molecule has 2 unspecified atom stereocenters. The summed E-state index contributed by atoms with van der Waals surface area (Å²) >= 11 is 0. The molecule has 0 saturated carbocycles. The fraction of sp³-hybridized carbons (Fsp3) is 0.647. The first-order chi connectivity index (χ1) is 9.52. The van der Waals surface area contributed by atoms with E-state index in [1.54, 1.807) is 0 Å². The van der Waals surface area contributed by atoms with Crippen LogP contribution in [0.4, 0.5) is 0 Å². The third-order valence-electron chi connectivity index (χ3n) is 4.09. The van der Waals surface area contributed by atoms with E-state index in [4.69, 9.17) is 9.47 Å². The van der Waals surface area contributed by atoms with Gasteiger partial charge in [-0.25, -0.2) is 0 Å². The summed E-state index contributed by atoms with van der Waals surface area (Å²) in [5.74, 6) is 0.920. The molecule has 1 aliphatic heterocycles. The summed E-state index contributed by atoms with van der Waals surface area (Å²) in [5, 5.41) is 3.65. The van der Waals surface area contributed by atoms with Gasteiger partial charge in [-0.3, -0.25) is 0 Å². The Kier molecular flexibility index (Phi) is 5.06. The summed E-state index contributed by atoms with van der Waals surface area (Å²) in [6, 6.07) is 8.28. The van der Waals surface area contributed by atoms with Gasteiger partial charge >= 0.3 is 0 Å². The Hall–Kier alpha value is -1.06. The Balaban J connectivity index is 2.01. The van der Waals surface area contributed by atoms with Gasteiger partial charge in [-0.1, -0.05) is 19.1 Å². The van der Waals surface area contributed by atoms with Crippen molar-refractivity contribution in [2.75, 3.05) is 13.2 Å². The van der Waals surface area contributed by atoms with Crippen molar-refractivity contribution >= 4 is 0 Å². The van der Waals surface area contributed by atoms with E-state index in [1.165, 1.54) is 5.56 Å². The molecule has 0 radical (unpaired) electrons. The molecular formula is C17H27NO2. The molecule has 1 saturated heterocycles. The van der Waals surface area contributed by atoms with Crippen LogP contribution in [-0.2, 0) is 4.74 Å². The molecule has 1 aliphatic rings. The summed E-state index contributed by atoms with van der Waals surface area (Å²) in [4.78, 5) is 0. The second kappa shape index (κ2) is 6.59. The maximum atomic E-state index is 6.00. The summed E-state index contributed by atoms with van der Waals surface area (Å²) in [5.41, 5.74) is 1.42. The van der Waals surface area contributed by atoms with Gasteiger partial charge in [0.25, 0.3) is 0 Å². The molecule has 2 atom stereocenters. The third kappa shape index (κ3) is 3.97. The molecule has 0 aliphatic carbocycles. The molecule has 1 fully saturated rings. The lowest BCUT2D eigenvalue weighted by molar-refractivity contribution is 0.0652. The molecule has 1 aromatic carbocycles. The zero-order valence-corrected chi connectivity index (χ0v) is 13.1. The van der Waals surface area contributed by atoms with Crippen LogP contribution >= 0.6 is 0 Å². The van der Waals surface area contributed by atoms with Gasteiger partial charge in [0.05, 0.1) is 12.2 Å². The third-order valence-corrected chi connectivity index (χ3v) is 4.09. The second-order valence-corrected chi connectivity index (χ2v) is 6.14. The first-order valence-corrected chi connectivity index (χ1v) is 7.65. The molecule has 1 heterocycles. The second-order valence-electron chi connectivity index (χ2n) is 6.14. The molecule has 20 heavy (non-hydrogen) atoms. The molecule has 1 N–H and O–H groups in total. The zero-order valence-electron chi connectivity index (χ0n) is 13.1. The van der Waals surface area contributed by atoms with Crippen molar-refractivity contribution in [1.82, 2.24) is 5.32 Å². The van der Waals surface area contributed by atoms with Crippen molar-refractivity contribution in [2.24, 2.45) is 0 Å². The molecule has 3 heteroatoms. The number of hydrogen-bond donors (Lipinski definition) is 1. The maximum Gasteiger partial charge on any atom is 0.119 e. The van der Waals surface area contributed by atoms with Gasteiger partial charge in [0.1, 0.15) is 5.75 Å². The quantitative estimate of drug-likeness (QED) is 0.910. The molecule has 0 amide bonds. The van der Waals surface area contributed by atoms with Crippen LogP contribution in [0.1, 0.15) is 52.2 Å². The van der Waals surface area contributed by atoms with Gasteiger partial charge in [0.15, 0.2) is 0 Å². The minimum absolute atomic E-state index is 0.136. The van der Waals surface area contributed by atoms with Gasteiger partial charge in [-0.2, -0.15) is 0 Å². The number of benzene rings is 1.